The van der Waals surface area contributed by atoms with Crippen LogP contribution >= 0.6 is 0 Å². The smallest absolute Gasteiger partial charge is 0.251 e. The summed E-state index contributed by atoms with van der Waals surface area (Å²) >= 11 is 0. The number of hydrogen-bond acceptors (Lipinski definition) is 4. The Labute approximate surface area is 123 Å². The number of carbonyl (C=O) groups excluding carboxylic acids is 1. The number of anilines is 2. The highest BCUT2D eigenvalue weighted by molar-refractivity contribution is 5.96. The van der Waals surface area contributed by atoms with Gasteiger partial charge in [-0.3, -0.25) is 4.79 Å². The molecule has 2 aromatic rings. The zero-order chi connectivity index (χ0) is 15.4. The van der Waals surface area contributed by atoms with Gasteiger partial charge in [-0.25, -0.2) is 0 Å². The average molecular weight is 285 g/mol. The first-order chi connectivity index (χ1) is 9.99. The van der Waals surface area contributed by atoms with Gasteiger partial charge in [-0.05, 0) is 42.8 Å². The van der Waals surface area contributed by atoms with Crippen LogP contribution in [0.3, 0.4) is 0 Å². The molecule has 0 heterocycles. The Morgan fingerprint density at radius 2 is 1.81 bits per heavy atom. The molecule has 0 aromatic heterocycles. The molecule has 5 nitrogen and oxygen atoms in total. The maximum atomic E-state index is 12.2. The van der Waals surface area contributed by atoms with Crippen LogP contribution in [0.2, 0.25) is 0 Å². The number of nitrogens with one attached hydrogen (secondary N) is 1. The molecule has 0 aliphatic heterocycles. The molecule has 0 bridgehead atoms. The standard InChI is InChI=1S/C16H19N3O2/c1-10(11-4-3-5-15(8-11)21-2)19-16(20)12-6-13(17)9-14(18)7-12/h3-10H,17-18H2,1-2H3,(H,19,20). The molecule has 110 valence electrons. The highest BCUT2D eigenvalue weighted by atomic mass is 16.5. The molecule has 1 atom stereocenters. The molecule has 0 spiro atoms. The van der Waals surface area contributed by atoms with Crippen LogP contribution in [0.4, 0.5) is 11.4 Å². The second-order valence-electron chi connectivity index (χ2n) is 4.86. The van der Waals surface area contributed by atoms with Crippen LogP contribution in [0.15, 0.2) is 42.5 Å². The summed E-state index contributed by atoms with van der Waals surface area (Å²) in [6.07, 6.45) is 0. The third-order valence-electron chi connectivity index (χ3n) is 3.18. The fourth-order valence-electron chi connectivity index (χ4n) is 2.08. The molecule has 5 N–H and O–H groups in total. The average Bonchev–Trinajstić information content (AvgIpc) is 2.46. The second-order valence-corrected chi connectivity index (χ2v) is 4.86. The van der Waals surface area contributed by atoms with Crippen molar-refractivity contribution >= 4 is 17.3 Å². The van der Waals surface area contributed by atoms with E-state index in [0.717, 1.165) is 11.3 Å². The van der Waals surface area contributed by atoms with Crippen molar-refractivity contribution in [3.05, 3.63) is 53.6 Å². The number of rotatable bonds is 4. The van der Waals surface area contributed by atoms with Crippen molar-refractivity contribution in [1.29, 1.82) is 0 Å². The maximum Gasteiger partial charge on any atom is 0.251 e. The minimum atomic E-state index is -0.218. The highest BCUT2D eigenvalue weighted by Crippen LogP contribution is 2.20. The summed E-state index contributed by atoms with van der Waals surface area (Å²) in [6, 6.07) is 12.2. The minimum absolute atomic E-state index is 0.157. The number of nitrogens with two attached hydrogens (primary N) is 2. The predicted octanol–water partition coefficient (Wildman–Crippen LogP) is 2.35. The lowest BCUT2D eigenvalue weighted by Crippen LogP contribution is -2.26. The second kappa shape index (κ2) is 6.17. The molecule has 0 radical (unpaired) electrons. The molecule has 1 unspecified atom stereocenters. The van der Waals surface area contributed by atoms with Gasteiger partial charge < -0.3 is 21.5 Å². The Balaban J connectivity index is 2.14. The van der Waals surface area contributed by atoms with Crippen LogP contribution in [-0.2, 0) is 0 Å². The van der Waals surface area contributed by atoms with Crippen LogP contribution < -0.4 is 21.5 Å². The normalized spacial score (nSPS) is 11.7. The first-order valence-corrected chi connectivity index (χ1v) is 6.60. The number of methoxy groups -OCH3 is 1. The largest absolute Gasteiger partial charge is 0.497 e. The van der Waals surface area contributed by atoms with Gasteiger partial charge in [0.15, 0.2) is 0 Å². The van der Waals surface area contributed by atoms with E-state index in [-0.39, 0.29) is 11.9 Å². The summed E-state index contributed by atoms with van der Waals surface area (Å²) in [7, 11) is 1.61. The van der Waals surface area contributed by atoms with Gasteiger partial charge in [0.2, 0.25) is 0 Å². The van der Waals surface area contributed by atoms with Crippen LogP contribution in [-0.4, -0.2) is 13.0 Å². The number of benzene rings is 2. The van der Waals surface area contributed by atoms with Crippen molar-refractivity contribution in [2.24, 2.45) is 0 Å². The summed E-state index contributed by atoms with van der Waals surface area (Å²) in [4.78, 5) is 12.2. The molecule has 2 aromatic carbocycles. The lowest BCUT2D eigenvalue weighted by Gasteiger charge is -2.15. The zero-order valence-electron chi connectivity index (χ0n) is 12.1. The lowest BCUT2D eigenvalue weighted by atomic mass is 10.1. The quantitative estimate of drug-likeness (QED) is 0.752. The third-order valence-corrected chi connectivity index (χ3v) is 3.18. The van der Waals surface area contributed by atoms with E-state index >= 15 is 0 Å². The SMILES string of the molecule is COc1cccc(C(C)NC(=O)c2cc(N)cc(N)c2)c1. The fourth-order valence-corrected chi connectivity index (χ4v) is 2.08. The number of hydrogen-bond donors (Lipinski definition) is 3. The highest BCUT2D eigenvalue weighted by Gasteiger charge is 2.13. The van der Waals surface area contributed by atoms with E-state index in [1.165, 1.54) is 0 Å². The Bertz CT molecular complexity index is 635. The van der Waals surface area contributed by atoms with Gasteiger partial charge in [0, 0.05) is 16.9 Å². The van der Waals surface area contributed by atoms with Gasteiger partial charge in [-0.1, -0.05) is 12.1 Å². The van der Waals surface area contributed by atoms with Crippen molar-refractivity contribution in [3.63, 3.8) is 0 Å². The molecule has 0 aliphatic rings. The molecule has 21 heavy (non-hydrogen) atoms. The third kappa shape index (κ3) is 3.66. The van der Waals surface area contributed by atoms with Gasteiger partial charge in [-0.2, -0.15) is 0 Å². The molecule has 0 fully saturated rings. The summed E-state index contributed by atoms with van der Waals surface area (Å²) in [5.41, 5.74) is 13.7. The van der Waals surface area contributed by atoms with E-state index in [0.29, 0.717) is 16.9 Å². The van der Waals surface area contributed by atoms with Crippen LogP contribution in [0.1, 0.15) is 28.9 Å². The van der Waals surface area contributed by atoms with Gasteiger partial charge in [0.1, 0.15) is 5.75 Å². The molecule has 1 amide bonds. The van der Waals surface area contributed by atoms with E-state index in [1.54, 1.807) is 25.3 Å². The predicted molar refractivity (Wildman–Crippen MR) is 84.1 cm³/mol. The summed E-state index contributed by atoms with van der Waals surface area (Å²) in [6.45, 7) is 1.91. The Hall–Kier alpha value is -2.69. The monoisotopic (exact) mass is 285 g/mol. The Morgan fingerprint density at radius 3 is 2.43 bits per heavy atom. The van der Waals surface area contributed by atoms with Crippen molar-refractivity contribution in [1.82, 2.24) is 5.32 Å². The summed E-state index contributed by atoms with van der Waals surface area (Å²) in [5, 5.41) is 2.91. The molecule has 0 saturated heterocycles. The van der Waals surface area contributed by atoms with E-state index in [4.69, 9.17) is 16.2 Å². The molecule has 0 saturated carbocycles. The van der Waals surface area contributed by atoms with E-state index in [1.807, 2.05) is 31.2 Å². The lowest BCUT2D eigenvalue weighted by molar-refractivity contribution is 0.0940. The molecule has 2 rings (SSSR count). The Kier molecular flexibility index (Phi) is 4.33. The minimum Gasteiger partial charge on any atom is -0.497 e. The number of nitrogen functional groups attached to an aromatic ring is 2. The molecule has 5 heteroatoms. The fraction of sp³-hybridized carbons (Fsp3) is 0.188. The molecular formula is C16H19N3O2. The number of ether oxygens (including phenoxy) is 1. The Morgan fingerprint density at radius 1 is 1.14 bits per heavy atom. The van der Waals surface area contributed by atoms with Crippen LogP contribution in [0.5, 0.6) is 5.75 Å². The van der Waals surface area contributed by atoms with Crippen LogP contribution in [0, 0.1) is 0 Å². The van der Waals surface area contributed by atoms with Gasteiger partial charge >= 0.3 is 0 Å². The van der Waals surface area contributed by atoms with Crippen LogP contribution in [0.25, 0.3) is 0 Å². The van der Waals surface area contributed by atoms with E-state index in [9.17, 15) is 4.79 Å². The van der Waals surface area contributed by atoms with Gasteiger partial charge in [0.25, 0.3) is 5.91 Å². The van der Waals surface area contributed by atoms with Crippen molar-refractivity contribution < 1.29 is 9.53 Å². The van der Waals surface area contributed by atoms with Crippen molar-refractivity contribution in [3.8, 4) is 5.75 Å². The molecule has 0 aliphatic carbocycles. The molecular weight excluding hydrogens is 266 g/mol. The van der Waals surface area contributed by atoms with Crippen molar-refractivity contribution in [2.75, 3.05) is 18.6 Å². The first-order valence-electron chi connectivity index (χ1n) is 6.60. The maximum absolute atomic E-state index is 12.2. The first kappa shape index (κ1) is 14.7. The topological polar surface area (TPSA) is 90.4 Å². The number of carbonyl (C=O) groups is 1. The van der Waals surface area contributed by atoms with E-state index < -0.39 is 0 Å². The van der Waals surface area contributed by atoms with Gasteiger partial charge in [0.05, 0.1) is 13.2 Å². The van der Waals surface area contributed by atoms with E-state index in [2.05, 4.69) is 5.32 Å². The zero-order valence-corrected chi connectivity index (χ0v) is 12.1. The van der Waals surface area contributed by atoms with Gasteiger partial charge in [-0.15, -0.1) is 0 Å². The van der Waals surface area contributed by atoms with Crippen molar-refractivity contribution in [2.45, 2.75) is 13.0 Å². The number of amides is 1. The summed E-state index contributed by atoms with van der Waals surface area (Å²) < 4.78 is 5.18. The summed E-state index contributed by atoms with van der Waals surface area (Å²) in [5.74, 6) is 0.533.